The molecule has 2 saturated heterocycles. The summed E-state index contributed by atoms with van der Waals surface area (Å²) >= 11 is 7.81. The van der Waals surface area contributed by atoms with Gasteiger partial charge >= 0.3 is 18.0 Å². The smallest absolute Gasteiger partial charge is 0.338 e. The molecule has 0 saturated carbocycles. The highest BCUT2D eigenvalue weighted by molar-refractivity contribution is 8.93. The van der Waals surface area contributed by atoms with Gasteiger partial charge in [0, 0.05) is 67.0 Å². The van der Waals surface area contributed by atoms with Gasteiger partial charge in [0.1, 0.15) is 17.7 Å². The van der Waals surface area contributed by atoms with E-state index in [1.807, 2.05) is 0 Å². The number of carbonyl (C=O) groups excluding carboxylic acids is 2. The first kappa shape index (κ1) is 34.4. The average Bonchev–Trinajstić information content (AvgIpc) is 3.68. The molecule has 6 rings (SSSR count). The van der Waals surface area contributed by atoms with Gasteiger partial charge in [-0.05, 0) is 36.2 Å². The van der Waals surface area contributed by atoms with Crippen LogP contribution in [0.5, 0.6) is 0 Å². The Kier molecular flexibility index (Phi) is 10.6. The number of aromatic nitrogens is 1. The number of fused-ring (bicyclic) bond motifs is 1. The number of amides is 2. The second-order valence-corrected chi connectivity index (χ2v) is 12.3. The molecule has 2 N–H and O–H groups in total. The van der Waals surface area contributed by atoms with E-state index < -0.39 is 29.6 Å². The minimum absolute atomic E-state index is 0. The van der Waals surface area contributed by atoms with Crippen molar-refractivity contribution < 1.29 is 33.0 Å². The molecule has 1 aromatic heterocycles. The molecule has 2 fully saturated rings. The summed E-state index contributed by atoms with van der Waals surface area (Å²) in [6.07, 6.45) is 1.70. The summed E-state index contributed by atoms with van der Waals surface area (Å²) in [5.41, 5.74) is 1.82. The first-order chi connectivity index (χ1) is 22.1. The standard InChI is InChI=1S/C31H29ClF2N6O5S.BrH/c1-45-30(43)26-23(36-28(29-35-8-11-46-29)37-27(26)20-5-4-18(33)13-21(20)32)16-38-9-10-39-19(14-38)15-40(31(39)44)24-6-2-17(12-22(24)34)3-7-25(41)42;/h2,4-6,8,11-13,19,27H,3,7,9-10,14-16H2,1H3,(H,36,37)(H,41,42);1H/t19-,27-;/m0./s1. The van der Waals surface area contributed by atoms with E-state index in [1.165, 1.54) is 53.7 Å². The van der Waals surface area contributed by atoms with Crippen LogP contribution >= 0.6 is 39.9 Å². The number of nitrogens with one attached hydrogen (secondary N) is 1. The van der Waals surface area contributed by atoms with Crippen molar-refractivity contribution in [3.8, 4) is 0 Å². The second kappa shape index (κ2) is 14.5. The summed E-state index contributed by atoms with van der Waals surface area (Å²) in [6.45, 7) is 1.79. The van der Waals surface area contributed by atoms with Gasteiger partial charge in [-0.2, -0.15) is 0 Å². The molecule has 16 heteroatoms. The van der Waals surface area contributed by atoms with E-state index in [0.29, 0.717) is 47.3 Å². The number of hydrogen-bond acceptors (Lipinski definition) is 9. The molecule has 248 valence electrons. The predicted octanol–water partition coefficient (Wildman–Crippen LogP) is 4.81. The van der Waals surface area contributed by atoms with Crippen LogP contribution in [0.15, 0.2) is 64.2 Å². The van der Waals surface area contributed by atoms with Crippen LogP contribution in [-0.2, 0) is 20.7 Å². The Hall–Kier alpha value is -3.92. The quantitative estimate of drug-likeness (QED) is 0.299. The zero-order chi connectivity index (χ0) is 32.5. The lowest BCUT2D eigenvalue weighted by Gasteiger charge is -2.38. The fourth-order valence-corrected chi connectivity index (χ4v) is 6.84. The van der Waals surface area contributed by atoms with Gasteiger partial charge in [0.25, 0.3) is 0 Å². The lowest BCUT2D eigenvalue weighted by molar-refractivity contribution is -0.137. The summed E-state index contributed by atoms with van der Waals surface area (Å²) in [6, 6.07) is 6.87. The van der Waals surface area contributed by atoms with E-state index in [1.54, 1.807) is 22.5 Å². The molecule has 0 unspecified atom stereocenters. The number of amidine groups is 1. The van der Waals surface area contributed by atoms with Gasteiger partial charge in [0.2, 0.25) is 0 Å². The molecule has 3 aromatic rings. The Morgan fingerprint density at radius 2 is 1.98 bits per heavy atom. The van der Waals surface area contributed by atoms with Crippen LogP contribution in [0.1, 0.15) is 28.6 Å². The van der Waals surface area contributed by atoms with Crippen molar-refractivity contribution in [2.45, 2.75) is 24.9 Å². The summed E-state index contributed by atoms with van der Waals surface area (Å²) in [5, 5.41) is 14.7. The lowest BCUT2D eigenvalue weighted by Crippen LogP contribution is -2.53. The molecule has 4 heterocycles. The number of rotatable bonds is 9. The van der Waals surface area contributed by atoms with Crippen LogP contribution in [0.25, 0.3) is 0 Å². The zero-order valence-electron chi connectivity index (χ0n) is 25.0. The third kappa shape index (κ3) is 7.17. The van der Waals surface area contributed by atoms with Crippen LogP contribution in [0, 0.1) is 11.6 Å². The number of aliphatic carboxylic acids is 1. The predicted molar refractivity (Wildman–Crippen MR) is 177 cm³/mol. The van der Waals surface area contributed by atoms with Crippen molar-refractivity contribution in [2.75, 3.05) is 44.7 Å². The van der Waals surface area contributed by atoms with Gasteiger partial charge in [-0.15, -0.1) is 28.3 Å². The van der Waals surface area contributed by atoms with Crippen LogP contribution in [0.4, 0.5) is 19.3 Å². The molecule has 0 radical (unpaired) electrons. The van der Waals surface area contributed by atoms with Crippen molar-refractivity contribution in [3.63, 3.8) is 0 Å². The minimum atomic E-state index is -0.972. The Labute approximate surface area is 288 Å². The number of urea groups is 1. The second-order valence-electron chi connectivity index (χ2n) is 11.0. The number of carboxylic acids is 1. The van der Waals surface area contributed by atoms with Gasteiger partial charge in [-0.1, -0.05) is 23.7 Å². The number of aryl methyl sites for hydroxylation is 1. The molecule has 47 heavy (non-hydrogen) atoms. The van der Waals surface area contributed by atoms with Crippen LogP contribution in [-0.4, -0.2) is 89.6 Å². The van der Waals surface area contributed by atoms with Crippen LogP contribution < -0.4 is 10.2 Å². The summed E-state index contributed by atoms with van der Waals surface area (Å²) in [4.78, 5) is 51.9. The third-order valence-electron chi connectivity index (χ3n) is 8.17. The fraction of sp³-hybridized carbons (Fsp3) is 0.323. The Morgan fingerprint density at radius 1 is 1.17 bits per heavy atom. The first-order valence-electron chi connectivity index (χ1n) is 14.4. The SMILES string of the molecule is Br.COC(=O)C1=C(CN2CCN3C(=O)N(c4ccc(CCC(=O)O)cc4F)C[C@@H]3C2)NC(c2nccs2)=N[C@H]1c1ccc(F)cc1Cl. The minimum Gasteiger partial charge on any atom is -0.481 e. The lowest BCUT2D eigenvalue weighted by atomic mass is 9.95. The number of hydrogen-bond donors (Lipinski definition) is 2. The first-order valence-corrected chi connectivity index (χ1v) is 15.7. The number of benzene rings is 2. The summed E-state index contributed by atoms with van der Waals surface area (Å²) < 4.78 is 34.3. The maximum atomic E-state index is 15.1. The molecule has 2 amide bonds. The number of nitrogens with zero attached hydrogens (tertiary/aromatic N) is 5. The van der Waals surface area contributed by atoms with Crippen LogP contribution in [0.2, 0.25) is 5.02 Å². The topological polar surface area (TPSA) is 128 Å². The largest absolute Gasteiger partial charge is 0.481 e. The fourth-order valence-electron chi connectivity index (χ4n) is 5.98. The van der Waals surface area contributed by atoms with Crippen molar-refractivity contribution in [1.29, 1.82) is 0 Å². The molecule has 11 nitrogen and oxygen atoms in total. The van der Waals surface area contributed by atoms with Crippen molar-refractivity contribution in [3.05, 3.63) is 92.0 Å². The molecular weight excluding hydrogens is 722 g/mol. The van der Waals surface area contributed by atoms with E-state index in [2.05, 4.69) is 15.2 Å². The third-order valence-corrected chi connectivity index (χ3v) is 9.28. The normalized spacial score (nSPS) is 19.6. The Morgan fingerprint density at radius 3 is 2.66 bits per heavy atom. The number of anilines is 1. The number of aliphatic imine (C=N–C) groups is 1. The highest BCUT2D eigenvalue weighted by atomic mass is 79.9. The molecule has 3 aliphatic rings. The molecule has 0 spiro atoms. The highest BCUT2D eigenvalue weighted by Gasteiger charge is 2.43. The van der Waals surface area contributed by atoms with E-state index in [0.717, 1.165) is 0 Å². The molecule has 2 atom stereocenters. The average molecular weight is 752 g/mol. The maximum absolute atomic E-state index is 15.1. The number of methoxy groups -OCH3 is 1. The van der Waals surface area contributed by atoms with Gasteiger partial charge in [-0.3, -0.25) is 19.6 Å². The van der Waals surface area contributed by atoms with E-state index in [4.69, 9.17) is 26.4 Å². The molecule has 0 bridgehead atoms. The number of thiazole rings is 1. The Balaban J connectivity index is 0.00000433. The summed E-state index contributed by atoms with van der Waals surface area (Å²) in [5.74, 6) is -2.29. The molecule has 2 aromatic carbocycles. The molecule has 0 aliphatic carbocycles. The Bertz CT molecular complexity index is 1760. The van der Waals surface area contributed by atoms with E-state index in [-0.39, 0.29) is 71.3 Å². The van der Waals surface area contributed by atoms with E-state index in [9.17, 15) is 18.8 Å². The molecular formula is C31H30BrClF2N6O5S. The number of piperazine rings is 1. The van der Waals surface area contributed by atoms with Crippen molar-refractivity contribution in [1.82, 2.24) is 20.1 Å². The monoisotopic (exact) mass is 750 g/mol. The number of halogens is 4. The van der Waals surface area contributed by atoms with Gasteiger partial charge in [0.15, 0.2) is 10.8 Å². The highest BCUT2D eigenvalue weighted by Crippen LogP contribution is 2.37. The van der Waals surface area contributed by atoms with Crippen molar-refractivity contribution in [2.24, 2.45) is 4.99 Å². The summed E-state index contributed by atoms with van der Waals surface area (Å²) in [7, 11) is 1.27. The maximum Gasteiger partial charge on any atom is 0.338 e. The van der Waals surface area contributed by atoms with Gasteiger partial charge < -0.3 is 20.1 Å². The molecule has 3 aliphatic heterocycles. The van der Waals surface area contributed by atoms with Crippen LogP contribution in [0.3, 0.4) is 0 Å². The number of carboxylic acid groups (broad SMARTS) is 1. The van der Waals surface area contributed by atoms with Gasteiger partial charge in [0.05, 0.1) is 24.4 Å². The number of esters is 1. The van der Waals surface area contributed by atoms with Gasteiger partial charge in [-0.25, -0.2) is 23.4 Å². The number of ether oxygens (including phenoxy) is 1. The van der Waals surface area contributed by atoms with Crippen molar-refractivity contribution >= 4 is 69.4 Å². The number of carbonyl (C=O) groups is 3. The van der Waals surface area contributed by atoms with E-state index >= 15 is 4.39 Å². The zero-order valence-corrected chi connectivity index (χ0v) is 28.3.